The molecule has 3 rings (SSSR count). The Morgan fingerprint density at radius 2 is 2.12 bits per heavy atom. The number of likely N-dealkylation sites (tertiary alicyclic amines) is 1. The first-order valence-electron chi connectivity index (χ1n) is 9.56. The Labute approximate surface area is 155 Å². The van der Waals surface area contributed by atoms with Crippen molar-refractivity contribution in [2.45, 2.75) is 44.2 Å². The van der Waals surface area contributed by atoms with Crippen LogP contribution in [0, 0.1) is 0 Å². The summed E-state index contributed by atoms with van der Waals surface area (Å²) < 4.78 is 16.4. The van der Waals surface area contributed by atoms with E-state index in [1.807, 2.05) is 12.1 Å². The van der Waals surface area contributed by atoms with E-state index in [2.05, 4.69) is 16.3 Å². The van der Waals surface area contributed by atoms with Crippen LogP contribution in [0.3, 0.4) is 0 Å². The third-order valence-corrected chi connectivity index (χ3v) is 5.33. The largest absolute Gasteiger partial charge is 0.493 e. The predicted octanol–water partition coefficient (Wildman–Crippen LogP) is 2.01. The normalized spacial score (nSPS) is 23.5. The average Bonchev–Trinajstić information content (AvgIpc) is 2.72. The minimum absolute atomic E-state index is 0.147. The SMILES string of the molecule is COc1ccc(CC[C@@H]2CCCCN2C(=O)[C@@H]2CNCCO2)cc1OC. The fourth-order valence-electron chi connectivity index (χ4n) is 3.87. The third-order valence-electron chi connectivity index (χ3n) is 5.33. The second kappa shape index (κ2) is 9.24. The maximum absolute atomic E-state index is 12.9. The van der Waals surface area contributed by atoms with Crippen LogP contribution in [-0.4, -0.2) is 63.4 Å². The van der Waals surface area contributed by atoms with Crippen molar-refractivity contribution < 1.29 is 19.0 Å². The molecule has 1 aromatic rings. The van der Waals surface area contributed by atoms with Crippen molar-refractivity contribution in [3.8, 4) is 11.5 Å². The van der Waals surface area contributed by atoms with Crippen LogP contribution in [0.5, 0.6) is 11.5 Å². The summed E-state index contributed by atoms with van der Waals surface area (Å²) in [6.45, 7) is 2.90. The van der Waals surface area contributed by atoms with E-state index in [0.717, 1.165) is 50.3 Å². The molecule has 6 nitrogen and oxygen atoms in total. The predicted molar refractivity (Wildman–Crippen MR) is 99.8 cm³/mol. The van der Waals surface area contributed by atoms with Crippen molar-refractivity contribution in [1.82, 2.24) is 10.2 Å². The van der Waals surface area contributed by atoms with E-state index in [4.69, 9.17) is 14.2 Å². The summed E-state index contributed by atoms with van der Waals surface area (Å²) in [6, 6.07) is 6.33. The van der Waals surface area contributed by atoms with Crippen LogP contribution < -0.4 is 14.8 Å². The number of rotatable bonds is 6. The number of methoxy groups -OCH3 is 2. The molecule has 0 spiro atoms. The molecule has 2 atom stereocenters. The molecular weight excluding hydrogens is 332 g/mol. The van der Waals surface area contributed by atoms with Crippen molar-refractivity contribution in [2.24, 2.45) is 0 Å². The number of amides is 1. The van der Waals surface area contributed by atoms with Crippen LogP contribution in [0.1, 0.15) is 31.2 Å². The lowest BCUT2D eigenvalue weighted by molar-refractivity contribution is -0.149. The fraction of sp³-hybridized carbons (Fsp3) is 0.650. The van der Waals surface area contributed by atoms with Gasteiger partial charge in [-0.3, -0.25) is 4.79 Å². The minimum atomic E-state index is -0.328. The van der Waals surface area contributed by atoms with Crippen LogP contribution in [0.2, 0.25) is 0 Å². The van der Waals surface area contributed by atoms with Crippen molar-refractivity contribution in [3.05, 3.63) is 23.8 Å². The number of nitrogens with zero attached hydrogens (tertiary/aromatic N) is 1. The summed E-state index contributed by atoms with van der Waals surface area (Å²) in [5, 5.41) is 3.25. The Bertz CT molecular complexity index is 601. The smallest absolute Gasteiger partial charge is 0.253 e. The fourth-order valence-corrected chi connectivity index (χ4v) is 3.87. The lowest BCUT2D eigenvalue weighted by atomic mass is 9.95. The number of ether oxygens (including phenoxy) is 3. The quantitative estimate of drug-likeness (QED) is 0.839. The van der Waals surface area contributed by atoms with Crippen molar-refractivity contribution in [2.75, 3.05) is 40.5 Å². The van der Waals surface area contributed by atoms with Gasteiger partial charge in [0.15, 0.2) is 11.5 Å². The van der Waals surface area contributed by atoms with Gasteiger partial charge in [0.1, 0.15) is 6.10 Å². The summed E-state index contributed by atoms with van der Waals surface area (Å²) in [5.74, 6) is 1.64. The van der Waals surface area contributed by atoms with Crippen LogP contribution in [0.25, 0.3) is 0 Å². The molecule has 2 aliphatic rings. The van der Waals surface area contributed by atoms with E-state index in [-0.39, 0.29) is 18.1 Å². The molecule has 2 heterocycles. The Hall–Kier alpha value is -1.79. The zero-order valence-corrected chi connectivity index (χ0v) is 15.8. The number of hydrogen-bond acceptors (Lipinski definition) is 5. The zero-order valence-electron chi connectivity index (χ0n) is 15.8. The molecule has 0 aliphatic carbocycles. The maximum atomic E-state index is 12.9. The number of morpholine rings is 1. The van der Waals surface area contributed by atoms with Gasteiger partial charge < -0.3 is 24.4 Å². The summed E-state index contributed by atoms with van der Waals surface area (Å²) in [5.41, 5.74) is 1.20. The number of carbonyl (C=O) groups is 1. The van der Waals surface area contributed by atoms with Crippen LogP contribution in [-0.2, 0) is 16.0 Å². The van der Waals surface area contributed by atoms with E-state index in [1.165, 1.54) is 12.0 Å². The number of hydrogen-bond donors (Lipinski definition) is 1. The standard InChI is InChI=1S/C20H30N2O4/c1-24-17-9-7-15(13-18(17)25-2)6-8-16-5-3-4-11-22(16)20(23)19-14-21-10-12-26-19/h7,9,13,16,19,21H,3-6,8,10-12,14H2,1-2H3/t16-,19-/m0/s1. The van der Waals surface area contributed by atoms with E-state index >= 15 is 0 Å². The van der Waals surface area contributed by atoms with Crippen molar-refractivity contribution in [1.29, 1.82) is 0 Å². The first-order chi connectivity index (χ1) is 12.7. The van der Waals surface area contributed by atoms with Gasteiger partial charge in [-0.1, -0.05) is 6.07 Å². The van der Waals surface area contributed by atoms with Gasteiger partial charge >= 0.3 is 0 Å². The number of nitrogens with one attached hydrogen (secondary N) is 1. The Morgan fingerprint density at radius 3 is 2.85 bits per heavy atom. The van der Waals surface area contributed by atoms with E-state index < -0.39 is 0 Å². The number of piperidine rings is 1. The Balaban J connectivity index is 1.62. The lowest BCUT2D eigenvalue weighted by Gasteiger charge is -2.38. The molecule has 0 saturated carbocycles. The number of benzene rings is 1. The lowest BCUT2D eigenvalue weighted by Crippen LogP contribution is -2.53. The van der Waals surface area contributed by atoms with Gasteiger partial charge in [-0.15, -0.1) is 0 Å². The summed E-state index contributed by atoms with van der Waals surface area (Å²) in [6.07, 6.45) is 4.88. The Morgan fingerprint density at radius 1 is 1.27 bits per heavy atom. The van der Waals surface area contributed by atoms with Gasteiger partial charge in [0, 0.05) is 25.7 Å². The van der Waals surface area contributed by atoms with Crippen LogP contribution in [0.4, 0.5) is 0 Å². The van der Waals surface area contributed by atoms with Gasteiger partial charge in [-0.2, -0.15) is 0 Å². The zero-order chi connectivity index (χ0) is 18.4. The van der Waals surface area contributed by atoms with Crippen LogP contribution >= 0.6 is 0 Å². The van der Waals surface area contributed by atoms with Crippen molar-refractivity contribution in [3.63, 3.8) is 0 Å². The minimum Gasteiger partial charge on any atom is -0.493 e. The Kier molecular flexibility index (Phi) is 6.74. The topological polar surface area (TPSA) is 60.0 Å². The average molecular weight is 362 g/mol. The molecule has 0 unspecified atom stereocenters. The summed E-state index contributed by atoms with van der Waals surface area (Å²) in [4.78, 5) is 14.9. The monoisotopic (exact) mass is 362 g/mol. The molecule has 26 heavy (non-hydrogen) atoms. The highest BCUT2D eigenvalue weighted by Crippen LogP contribution is 2.29. The maximum Gasteiger partial charge on any atom is 0.253 e. The van der Waals surface area contributed by atoms with Crippen LogP contribution in [0.15, 0.2) is 18.2 Å². The van der Waals surface area contributed by atoms with E-state index in [1.54, 1.807) is 14.2 Å². The summed E-state index contributed by atoms with van der Waals surface area (Å²) >= 11 is 0. The second-order valence-corrected chi connectivity index (χ2v) is 6.97. The number of aryl methyl sites for hydroxylation is 1. The highest BCUT2D eigenvalue weighted by Gasteiger charge is 2.32. The molecule has 6 heteroatoms. The van der Waals surface area contributed by atoms with Gasteiger partial charge in [-0.05, 0) is 49.8 Å². The van der Waals surface area contributed by atoms with Crippen molar-refractivity contribution >= 4 is 5.91 Å². The van der Waals surface area contributed by atoms with E-state index in [9.17, 15) is 4.79 Å². The molecule has 0 aromatic heterocycles. The van der Waals surface area contributed by atoms with Gasteiger partial charge in [-0.25, -0.2) is 0 Å². The van der Waals surface area contributed by atoms with Gasteiger partial charge in [0.05, 0.1) is 20.8 Å². The third kappa shape index (κ3) is 4.48. The molecule has 1 aromatic carbocycles. The first kappa shape index (κ1) is 19.0. The molecular formula is C20H30N2O4. The van der Waals surface area contributed by atoms with Gasteiger partial charge in [0.25, 0.3) is 5.91 Å². The van der Waals surface area contributed by atoms with Gasteiger partial charge in [0.2, 0.25) is 0 Å². The molecule has 2 fully saturated rings. The van der Waals surface area contributed by atoms with E-state index in [0.29, 0.717) is 13.2 Å². The molecule has 0 bridgehead atoms. The summed E-state index contributed by atoms with van der Waals surface area (Å²) in [7, 11) is 3.30. The molecule has 1 amide bonds. The molecule has 2 saturated heterocycles. The molecule has 144 valence electrons. The molecule has 0 radical (unpaired) electrons. The first-order valence-corrected chi connectivity index (χ1v) is 9.56. The molecule has 1 N–H and O–H groups in total. The second-order valence-electron chi connectivity index (χ2n) is 6.97. The molecule has 2 aliphatic heterocycles. The highest BCUT2D eigenvalue weighted by molar-refractivity contribution is 5.81. The highest BCUT2D eigenvalue weighted by atomic mass is 16.5. The number of carbonyl (C=O) groups excluding carboxylic acids is 1.